The van der Waals surface area contributed by atoms with Gasteiger partial charge in [0, 0.05) is 6.20 Å². The van der Waals surface area contributed by atoms with Gasteiger partial charge in [0.1, 0.15) is 17.0 Å². The predicted molar refractivity (Wildman–Crippen MR) is 66.3 cm³/mol. The van der Waals surface area contributed by atoms with Crippen molar-refractivity contribution in [1.82, 2.24) is 14.5 Å². The number of methoxy groups -OCH3 is 1. The largest absolute Gasteiger partial charge is 0.480 e. The Morgan fingerprint density at radius 2 is 2.10 bits per heavy atom. The number of nitrogens with zero attached hydrogens (tertiary/aromatic N) is 2. The van der Waals surface area contributed by atoms with Crippen molar-refractivity contribution in [2.75, 3.05) is 7.11 Å². The second kappa shape index (κ2) is 5.59. The number of carbonyl (C=O) groups excluding carboxylic acids is 1. The summed E-state index contributed by atoms with van der Waals surface area (Å²) < 4.78 is 31.7. The van der Waals surface area contributed by atoms with E-state index in [2.05, 4.69) is 14.6 Å². The van der Waals surface area contributed by atoms with Gasteiger partial charge in [-0.25, -0.2) is 8.42 Å². The molecule has 112 valence electrons. The molecular weight excluding hydrogens is 290 g/mol. The molecule has 2 N–H and O–H groups in total. The topological polar surface area (TPSA) is 128 Å². The zero-order chi connectivity index (χ0) is 15.6. The molecule has 10 heteroatoms. The number of ether oxygens (including phenoxy) is 1. The number of rotatable bonds is 6. The van der Waals surface area contributed by atoms with Gasteiger partial charge in [0.2, 0.25) is 10.0 Å². The van der Waals surface area contributed by atoms with Crippen LogP contribution >= 0.6 is 0 Å². The lowest BCUT2D eigenvalue weighted by molar-refractivity contribution is -0.146. The van der Waals surface area contributed by atoms with E-state index < -0.39 is 34.0 Å². The van der Waals surface area contributed by atoms with Gasteiger partial charge in [-0.2, -0.15) is 9.82 Å². The number of aliphatic carboxylic acids is 1. The first-order valence-electron chi connectivity index (χ1n) is 5.45. The quantitative estimate of drug-likeness (QED) is 0.658. The Hall–Kier alpha value is -1.94. The maximum atomic E-state index is 12.0. The van der Waals surface area contributed by atoms with Crippen LogP contribution in [0.15, 0.2) is 17.3 Å². The molecule has 0 amide bonds. The molecule has 1 rings (SSSR count). The minimum absolute atomic E-state index is 0.240. The van der Waals surface area contributed by atoms with Gasteiger partial charge in [-0.1, -0.05) is 0 Å². The minimum atomic E-state index is -4.02. The summed E-state index contributed by atoms with van der Waals surface area (Å²) in [5.41, 5.74) is -1.46. The highest BCUT2D eigenvalue weighted by Gasteiger charge is 2.34. The van der Waals surface area contributed by atoms with Gasteiger partial charge in [0.25, 0.3) is 0 Å². The highest BCUT2D eigenvalue weighted by Crippen LogP contribution is 2.13. The van der Waals surface area contributed by atoms with E-state index in [1.807, 2.05) is 0 Å². The van der Waals surface area contributed by atoms with Gasteiger partial charge in [-0.15, -0.1) is 0 Å². The van der Waals surface area contributed by atoms with Crippen LogP contribution in [0.2, 0.25) is 0 Å². The van der Waals surface area contributed by atoms with Crippen LogP contribution in [0.1, 0.15) is 13.8 Å². The van der Waals surface area contributed by atoms with Crippen LogP contribution < -0.4 is 4.72 Å². The second-order valence-corrected chi connectivity index (χ2v) is 6.17. The van der Waals surface area contributed by atoms with E-state index in [1.54, 1.807) is 0 Å². The van der Waals surface area contributed by atoms with Crippen LogP contribution in [-0.2, 0) is 30.9 Å². The molecule has 20 heavy (non-hydrogen) atoms. The molecule has 0 bridgehead atoms. The number of hydrogen-bond donors (Lipinski definition) is 2. The summed E-state index contributed by atoms with van der Waals surface area (Å²) in [6.45, 7) is 2.23. The van der Waals surface area contributed by atoms with Crippen molar-refractivity contribution >= 4 is 22.0 Å². The lowest BCUT2D eigenvalue weighted by Crippen LogP contribution is -2.50. The smallest absolute Gasteiger partial charge is 0.326 e. The lowest BCUT2D eigenvalue weighted by Gasteiger charge is -2.22. The van der Waals surface area contributed by atoms with Gasteiger partial charge in [0.05, 0.1) is 13.3 Å². The zero-order valence-corrected chi connectivity index (χ0v) is 12.0. The van der Waals surface area contributed by atoms with Gasteiger partial charge in [0.15, 0.2) is 0 Å². The number of carboxylic acid groups (broad SMARTS) is 1. The summed E-state index contributed by atoms with van der Waals surface area (Å²) in [4.78, 5) is 21.7. The highest BCUT2D eigenvalue weighted by atomic mass is 32.2. The standard InChI is InChI=1S/C10H15N3O6S/c1-10(2,9(16)19-3)12-20(17,18)7-4-11-13(5-7)6-8(14)15/h4-5,12H,6H2,1-3H3,(H,14,15). The molecule has 0 aliphatic carbocycles. The summed E-state index contributed by atoms with van der Waals surface area (Å²) in [6, 6.07) is 0. The van der Waals surface area contributed by atoms with Crippen LogP contribution in [0.3, 0.4) is 0 Å². The van der Waals surface area contributed by atoms with Crippen molar-refractivity contribution < 1.29 is 27.9 Å². The molecule has 0 unspecified atom stereocenters. The van der Waals surface area contributed by atoms with E-state index in [4.69, 9.17) is 5.11 Å². The van der Waals surface area contributed by atoms with Crippen LogP contribution in [0.4, 0.5) is 0 Å². The minimum Gasteiger partial charge on any atom is -0.480 e. The highest BCUT2D eigenvalue weighted by molar-refractivity contribution is 7.89. The Balaban J connectivity index is 2.97. The number of carbonyl (C=O) groups is 2. The Morgan fingerprint density at radius 1 is 1.50 bits per heavy atom. The summed E-state index contributed by atoms with van der Waals surface area (Å²) >= 11 is 0. The van der Waals surface area contributed by atoms with Crippen LogP contribution in [0, 0.1) is 0 Å². The van der Waals surface area contributed by atoms with Gasteiger partial charge >= 0.3 is 11.9 Å². The van der Waals surface area contributed by atoms with Gasteiger partial charge in [-0.3, -0.25) is 14.3 Å². The van der Waals surface area contributed by atoms with Crippen molar-refractivity contribution in [2.45, 2.75) is 30.8 Å². The summed E-state index contributed by atoms with van der Waals surface area (Å²) in [5.74, 6) is -1.90. The summed E-state index contributed by atoms with van der Waals surface area (Å²) in [5, 5.41) is 12.2. The van der Waals surface area contributed by atoms with Crippen molar-refractivity contribution in [3.63, 3.8) is 0 Å². The molecular formula is C10H15N3O6S. The first-order valence-corrected chi connectivity index (χ1v) is 6.93. The molecule has 0 aromatic carbocycles. The van der Waals surface area contributed by atoms with E-state index >= 15 is 0 Å². The molecule has 0 aliphatic heterocycles. The summed E-state index contributed by atoms with van der Waals surface area (Å²) in [7, 11) is -2.87. The van der Waals surface area contributed by atoms with Crippen LogP contribution in [0.25, 0.3) is 0 Å². The monoisotopic (exact) mass is 305 g/mol. The average Bonchev–Trinajstić information content (AvgIpc) is 2.74. The maximum absolute atomic E-state index is 12.0. The van der Waals surface area contributed by atoms with Crippen molar-refractivity contribution in [2.24, 2.45) is 0 Å². The van der Waals surface area contributed by atoms with Gasteiger partial charge in [-0.05, 0) is 13.8 Å². The van der Waals surface area contributed by atoms with E-state index in [9.17, 15) is 18.0 Å². The van der Waals surface area contributed by atoms with E-state index in [-0.39, 0.29) is 4.90 Å². The summed E-state index contributed by atoms with van der Waals surface area (Å²) in [6.07, 6.45) is 2.06. The number of hydrogen-bond acceptors (Lipinski definition) is 6. The molecule has 0 spiro atoms. The Kier molecular flexibility index (Phi) is 4.50. The lowest BCUT2D eigenvalue weighted by atomic mass is 10.1. The molecule has 0 aliphatic rings. The molecule has 0 atom stereocenters. The van der Waals surface area contributed by atoms with Crippen LogP contribution in [-0.4, -0.2) is 47.9 Å². The molecule has 9 nitrogen and oxygen atoms in total. The molecule has 1 aromatic heterocycles. The SMILES string of the molecule is COC(=O)C(C)(C)NS(=O)(=O)c1cnn(CC(=O)O)c1. The van der Waals surface area contributed by atoms with Crippen LogP contribution in [0.5, 0.6) is 0 Å². The maximum Gasteiger partial charge on any atom is 0.326 e. The first-order chi connectivity index (χ1) is 9.08. The predicted octanol–water partition coefficient (Wildman–Crippen LogP) is -0.802. The van der Waals surface area contributed by atoms with E-state index in [0.29, 0.717) is 0 Å². The third kappa shape index (κ3) is 3.78. The van der Waals surface area contributed by atoms with Crippen molar-refractivity contribution in [1.29, 1.82) is 0 Å². The molecule has 0 saturated carbocycles. The number of esters is 1. The fourth-order valence-corrected chi connectivity index (χ4v) is 2.72. The first kappa shape index (κ1) is 16.1. The zero-order valence-electron chi connectivity index (χ0n) is 11.2. The molecule has 1 heterocycles. The number of sulfonamides is 1. The third-order valence-corrected chi connectivity index (χ3v) is 3.91. The van der Waals surface area contributed by atoms with Gasteiger partial charge < -0.3 is 9.84 Å². The fraction of sp³-hybridized carbons (Fsp3) is 0.500. The molecule has 0 saturated heterocycles. The Morgan fingerprint density at radius 3 is 2.60 bits per heavy atom. The normalized spacial score (nSPS) is 12.2. The molecule has 0 radical (unpaired) electrons. The number of aromatic nitrogens is 2. The van der Waals surface area contributed by atoms with Crippen molar-refractivity contribution in [3.8, 4) is 0 Å². The average molecular weight is 305 g/mol. The Bertz CT molecular complexity index is 619. The number of carboxylic acids is 1. The number of nitrogens with one attached hydrogen (secondary N) is 1. The molecule has 1 aromatic rings. The second-order valence-electron chi connectivity index (χ2n) is 4.49. The fourth-order valence-electron chi connectivity index (χ4n) is 1.40. The third-order valence-electron chi connectivity index (χ3n) is 2.30. The van der Waals surface area contributed by atoms with E-state index in [0.717, 1.165) is 24.2 Å². The Labute approximate surface area is 115 Å². The van der Waals surface area contributed by atoms with E-state index in [1.165, 1.54) is 13.8 Å². The van der Waals surface area contributed by atoms with Crippen molar-refractivity contribution in [3.05, 3.63) is 12.4 Å². The molecule has 0 fully saturated rings.